The van der Waals surface area contributed by atoms with Crippen molar-refractivity contribution in [2.75, 3.05) is 26.0 Å². The number of Topliss-reactive ketones (excluding diaryl/α,β-unsaturated/α-hetero) is 2. The maximum Gasteiger partial charge on any atom is 0.471 e. The Labute approximate surface area is 282 Å². The highest BCUT2D eigenvalue weighted by Gasteiger charge is 2.64. The van der Waals surface area contributed by atoms with Crippen LogP contribution in [0.25, 0.3) is 16.9 Å². The van der Waals surface area contributed by atoms with Crippen LogP contribution < -0.4 is 11.1 Å². The predicted octanol–water partition coefficient (Wildman–Crippen LogP) is 2.12. The number of fused-ring (bicyclic) bond motifs is 3. The summed E-state index contributed by atoms with van der Waals surface area (Å²) in [5.41, 5.74) is 2.97. The van der Waals surface area contributed by atoms with Crippen molar-refractivity contribution >= 4 is 40.7 Å². The van der Waals surface area contributed by atoms with Crippen molar-refractivity contribution in [1.29, 1.82) is 0 Å². The van der Waals surface area contributed by atoms with Crippen molar-refractivity contribution in [3.63, 3.8) is 0 Å². The molecule has 2 aromatic rings. The largest absolute Gasteiger partial charge is 0.508 e. The zero-order valence-corrected chi connectivity index (χ0v) is 26.7. The Bertz CT molecular complexity index is 1920. The van der Waals surface area contributed by atoms with Gasteiger partial charge in [-0.25, -0.2) is 0 Å². The highest BCUT2D eigenvalue weighted by molar-refractivity contribution is 6.24. The fourth-order valence-electron chi connectivity index (χ4n) is 7.92. The number of phenolic OH excluding ortho intramolecular Hbond substituents is 1. The molecule has 0 radical (unpaired) electrons. The van der Waals surface area contributed by atoms with Gasteiger partial charge in [0.15, 0.2) is 11.4 Å². The van der Waals surface area contributed by atoms with Gasteiger partial charge < -0.3 is 36.4 Å². The number of nitrogens with two attached hydrogens (primary N) is 1. The van der Waals surface area contributed by atoms with Gasteiger partial charge in [-0.05, 0) is 80.6 Å². The van der Waals surface area contributed by atoms with Crippen LogP contribution in [0.4, 0.5) is 18.9 Å². The first kappa shape index (κ1) is 34.6. The number of hydrogen-bond acceptors (Lipinski definition) is 10. The van der Waals surface area contributed by atoms with Crippen LogP contribution in [0, 0.1) is 11.8 Å². The van der Waals surface area contributed by atoms with E-state index in [1.54, 1.807) is 18.2 Å². The average molecular weight is 699 g/mol. The number of anilines is 1. The Morgan fingerprint density at radius 1 is 1.04 bits per heavy atom. The number of rotatable bonds is 5. The lowest BCUT2D eigenvalue weighted by atomic mass is 9.57. The molecule has 0 spiro atoms. The molecule has 7 N–H and O–H groups in total. The molecule has 0 bridgehead atoms. The minimum Gasteiger partial charge on any atom is -0.508 e. The molecule has 1 aliphatic heterocycles. The van der Waals surface area contributed by atoms with Crippen LogP contribution >= 0.6 is 0 Å². The normalized spacial score (nSPS) is 26.5. The number of phenols is 1. The number of carbonyl (C=O) groups is 5. The fraction of sp³-hybridized carbons (Fsp3) is 0.382. The van der Waals surface area contributed by atoms with E-state index in [1.165, 1.54) is 37.2 Å². The van der Waals surface area contributed by atoms with Crippen LogP contribution in [0.5, 0.6) is 5.75 Å². The van der Waals surface area contributed by atoms with Crippen molar-refractivity contribution < 1.29 is 57.6 Å². The summed E-state index contributed by atoms with van der Waals surface area (Å²) in [5.74, 6) is -10.5. The van der Waals surface area contributed by atoms with E-state index in [1.807, 2.05) is 0 Å². The second-order valence-electron chi connectivity index (χ2n) is 13.2. The first-order chi connectivity index (χ1) is 23.4. The first-order valence-corrected chi connectivity index (χ1v) is 15.7. The predicted molar refractivity (Wildman–Crippen MR) is 169 cm³/mol. The van der Waals surface area contributed by atoms with E-state index in [0.29, 0.717) is 21.6 Å². The lowest BCUT2D eigenvalue weighted by molar-refractivity contribution is -0.186. The van der Waals surface area contributed by atoms with Crippen LogP contribution in [-0.4, -0.2) is 104 Å². The van der Waals surface area contributed by atoms with Crippen LogP contribution in [0.1, 0.15) is 30.4 Å². The Kier molecular flexibility index (Phi) is 8.30. The molecule has 3 aliphatic carbocycles. The maximum atomic E-state index is 14.0. The molecular formula is C34H33F3N4O9. The summed E-state index contributed by atoms with van der Waals surface area (Å²) in [6.45, 7) is -0.199. The van der Waals surface area contributed by atoms with Crippen LogP contribution in [0.3, 0.4) is 0 Å². The third-order valence-corrected chi connectivity index (χ3v) is 10.1. The van der Waals surface area contributed by atoms with Gasteiger partial charge in [0, 0.05) is 23.7 Å². The Hall–Kier alpha value is -5.22. The van der Waals surface area contributed by atoms with Crippen LogP contribution in [-0.2, 0) is 30.4 Å². The molecule has 2 aromatic carbocycles. The molecule has 2 fully saturated rings. The number of amides is 3. The Morgan fingerprint density at radius 2 is 1.70 bits per heavy atom. The second-order valence-corrected chi connectivity index (χ2v) is 13.2. The van der Waals surface area contributed by atoms with E-state index in [2.05, 4.69) is 5.32 Å². The molecule has 5 atom stereocenters. The zero-order chi connectivity index (χ0) is 36.6. The summed E-state index contributed by atoms with van der Waals surface area (Å²) >= 11 is 0. The Morgan fingerprint density at radius 3 is 2.30 bits per heavy atom. The van der Waals surface area contributed by atoms with E-state index in [-0.39, 0.29) is 49.1 Å². The summed E-state index contributed by atoms with van der Waals surface area (Å²) in [6, 6.07) is 6.49. The lowest BCUT2D eigenvalue weighted by Crippen LogP contribution is -2.65. The van der Waals surface area contributed by atoms with Gasteiger partial charge in [-0.1, -0.05) is 18.2 Å². The molecule has 4 aliphatic rings. The molecular weight excluding hydrogens is 665 g/mol. The van der Waals surface area contributed by atoms with Gasteiger partial charge in [0.1, 0.15) is 28.9 Å². The standard InChI is InChI=1S/C34H33F3N4O9/c1-40(2)25-19-13-15-12-18-17(14-5-7-16(8-6-14)39-31(48)20-4-3-11-41(20)32(49)34(35,36)37)9-10-21(42)23(18)26(43)22(15)28(45)33(19,50)29(46)24(27(25)44)30(38)47/h5-10,15,19-20,25,42-43,46,50H,3-4,11-13H2,1-2H3,(H2,38,47)(H,39,48)/t15-,19+,20?,25-,33+/m1/s1. The van der Waals surface area contributed by atoms with Crippen molar-refractivity contribution in [2.45, 2.75) is 49.5 Å². The summed E-state index contributed by atoms with van der Waals surface area (Å²) in [7, 11) is 3.00. The van der Waals surface area contributed by atoms with E-state index in [4.69, 9.17) is 5.73 Å². The highest BCUT2D eigenvalue weighted by atomic mass is 19.4. The zero-order valence-electron chi connectivity index (χ0n) is 26.7. The molecule has 1 heterocycles. The summed E-state index contributed by atoms with van der Waals surface area (Å²) in [4.78, 5) is 66.1. The van der Waals surface area contributed by atoms with E-state index in [9.17, 15) is 57.6 Å². The summed E-state index contributed by atoms with van der Waals surface area (Å²) < 4.78 is 39.1. The number of likely N-dealkylation sites (N-methyl/N-ethyl adjacent to an activating group) is 1. The average Bonchev–Trinajstić information content (AvgIpc) is 3.52. The van der Waals surface area contributed by atoms with Gasteiger partial charge in [0.05, 0.1) is 11.6 Å². The van der Waals surface area contributed by atoms with Gasteiger partial charge in [-0.3, -0.25) is 28.9 Å². The number of benzene rings is 2. The number of aromatic hydroxyl groups is 1. The van der Waals surface area contributed by atoms with Crippen molar-refractivity contribution in [3.8, 4) is 16.9 Å². The van der Waals surface area contributed by atoms with Gasteiger partial charge in [0.2, 0.25) is 11.7 Å². The number of nitrogens with zero attached hydrogens (tertiary/aromatic N) is 2. The number of ketones is 2. The van der Waals surface area contributed by atoms with Crippen molar-refractivity contribution in [1.82, 2.24) is 9.80 Å². The smallest absolute Gasteiger partial charge is 0.471 e. The molecule has 1 saturated carbocycles. The van der Waals surface area contributed by atoms with Crippen molar-refractivity contribution in [3.05, 3.63) is 64.4 Å². The molecule has 1 unspecified atom stereocenters. The molecule has 3 amide bonds. The maximum absolute atomic E-state index is 14.0. The topological polar surface area (TPSA) is 211 Å². The molecule has 0 aromatic heterocycles. The SMILES string of the molecule is CN(C)[C@H]1C(=O)C(C(N)=O)=C(O)[C@@]2(O)C(=O)C3=C(O)c4c(O)ccc(-c5ccc(NC(=O)C6CCCN6C(=O)C(F)(F)F)cc5)c4C[C@@H]3C[C@@H]12. The lowest BCUT2D eigenvalue weighted by Gasteiger charge is -2.50. The molecule has 264 valence electrons. The van der Waals surface area contributed by atoms with Crippen LogP contribution in [0.2, 0.25) is 0 Å². The minimum absolute atomic E-state index is 0.0432. The third-order valence-electron chi connectivity index (χ3n) is 10.1. The fourth-order valence-corrected chi connectivity index (χ4v) is 7.92. The van der Waals surface area contributed by atoms with Gasteiger partial charge in [-0.15, -0.1) is 0 Å². The van der Waals surface area contributed by atoms with Gasteiger partial charge >= 0.3 is 12.1 Å². The quantitative estimate of drug-likeness (QED) is 0.251. The number of primary amides is 1. The van der Waals surface area contributed by atoms with Gasteiger partial charge in [0.25, 0.3) is 5.91 Å². The van der Waals surface area contributed by atoms with E-state index < -0.39 is 87.8 Å². The number of alkyl halides is 3. The first-order valence-electron chi connectivity index (χ1n) is 15.7. The molecule has 1 saturated heterocycles. The number of hydrogen-bond donors (Lipinski definition) is 6. The molecule has 6 rings (SSSR count). The van der Waals surface area contributed by atoms with Gasteiger partial charge in [-0.2, -0.15) is 13.2 Å². The molecule has 13 nitrogen and oxygen atoms in total. The number of carbonyl (C=O) groups excluding carboxylic acids is 5. The monoisotopic (exact) mass is 698 g/mol. The second kappa shape index (κ2) is 12.0. The van der Waals surface area contributed by atoms with E-state index in [0.717, 1.165) is 0 Å². The Balaban J connectivity index is 1.34. The number of aliphatic hydroxyl groups excluding tert-OH is 2. The number of aliphatic hydroxyl groups is 3. The van der Waals surface area contributed by atoms with Crippen molar-refractivity contribution in [2.24, 2.45) is 17.6 Å². The van der Waals surface area contributed by atoms with Crippen LogP contribution in [0.15, 0.2) is 53.3 Å². The number of halogens is 3. The number of nitrogens with one attached hydrogen (secondary N) is 1. The molecule has 16 heteroatoms. The summed E-state index contributed by atoms with van der Waals surface area (Å²) in [6.07, 6.45) is -4.86. The third kappa shape index (κ3) is 5.20. The molecule has 50 heavy (non-hydrogen) atoms. The summed E-state index contributed by atoms with van der Waals surface area (Å²) in [5, 5.41) is 47.7. The van der Waals surface area contributed by atoms with E-state index >= 15 is 0 Å². The minimum atomic E-state index is -5.11. The number of likely N-dealkylation sites (tertiary alicyclic amines) is 1. The highest BCUT2D eigenvalue weighted by Crippen LogP contribution is 2.53.